The quantitative estimate of drug-likeness (QED) is 0.269. The molecule has 7 heteroatoms. The summed E-state index contributed by atoms with van der Waals surface area (Å²) in [6.45, 7) is 1.68. The number of hydrogen-bond acceptors (Lipinski definition) is 5. The van der Waals surface area contributed by atoms with Crippen molar-refractivity contribution in [2.75, 3.05) is 12.0 Å². The highest BCUT2D eigenvalue weighted by Gasteiger charge is 2.38. The van der Waals surface area contributed by atoms with E-state index in [1.165, 1.54) is 36.3 Å². The van der Waals surface area contributed by atoms with E-state index < -0.39 is 16.8 Å². The highest BCUT2D eigenvalue weighted by Crippen LogP contribution is 2.38. The molecule has 3 aromatic rings. The number of hydrogen-bond donors (Lipinski definition) is 0. The van der Waals surface area contributed by atoms with Gasteiger partial charge in [-0.05, 0) is 30.0 Å². The van der Waals surface area contributed by atoms with E-state index >= 15 is 0 Å². The van der Waals surface area contributed by atoms with Crippen molar-refractivity contribution in [3.8, 4) is 0 Å². The number of carbonyl (C=O) groups excluding carboxylic acids is 2. The Bertz CT molecular complexity index is 1300. The molecule has 1 aliphatic rings. The lowest BCUT2D eigenvalue weighted by atomic mass is 10.0. The summed E-state index contributed by atoms with van der Waals surface area (Å²) in [5, 5.41) is 12.9. The summed E-state index contributed by atoms with van der Waals surface area (Å²) in [7, 11) is 1.25. The minimum atomic E-state index is -0.648. The Kier molecular flexibility index (Phi) is 5.09. The Labute approximate surface area is 178 Å². The molecule has 7 nitrogen and oxygen atoms in total. The van der Waals surface area contributed by atoms with Gasteiger partial charge in [0.15, 0.2) is 0 Å². The van der Waals surface area contributed by atoms with E-state index in [1.807, 2.05) is 42.5 Å². The van der Waals surface area contributed by atoms with Gasteiger partial charge in [-0.3, -0.25) is 19.8 Å². The fraction of sp³-hybridized carbons (Fsp3) is 0.0833. The number of nitrogens with zero attached hydrogens (tertiary/aromatic N) is 2. The van der Waals surface area contributed by atoms with Gasteiger partial charge in [0, 0.05) is 23.2 Å². The van der Waals surface area contributed by atoms with Gasteiger partial charge in [-0.2, -0.15) is 0 Å². The second-order valence-corrected chi connectivity index (χ2v) is 7.00. The minimum absolute atomic E-state index is 0.106. The zero-order chi connectivity index (χ0) is 22.1. The predicted molar refractivity (Wildman–Crippen MR) is 117 cm³/mol. The van der Waals surface area contributed by atoms with Crippen molar-refractivity contribution in [1.82, 2.24) is 0 Å². The SMILES string of the molecule is COC(=O)C1=C(C)N(c2cccc3ccccc23)C(=O)/C1=C\c1cccc([N+](=O)[O-])c1. The number of nitro groups is 1. The van der Waals surface area contributed by atoms with Gasteiger partial charge in [-0.25, -0.2) is 4.79 Å². The van der Waals surface area contributed by atoms with E-state index in [4.69, 9.17) is 4.74 Å². The Morgan fingerprint density at radius 1 is 1.06 bits per heavy atom. The lowest BCUT2D eigenvalue weighted by Gasteiger charge is -2.20. The van der Waals surface area contributed by atoms with Gasteiger partial charge in [0.25, 0.3) is 11.6 Å². The molecule has 0 fully saturated rings. The fourth-order valence-corrected chi connectivity index (χ4v) is 3.77. The highest BCUT2D eigenvalue weighted by molar-refractivity contribution is 6.25. The Balaban J connectivity index is 1.90. The molecule has 0 saturated carbocycles. The molecular formula is C24H18N2O5. The largest absolute Gasteiger partial charge is 0.465 e. The number of carbonyl (C=O) groups is 2. The van der Waals surface area contributed by atoms with Crippen LogP contribution in [-0.2, 0) is 14.3 Å². The summed E-state index contributed by atoms with van der Waals surface area (Å²) in [4.78, 5) is 38.2. The number of non-ortho nitro benzene ring substituents is 1. The third-order valence-electron chi connectivity index (χ3n) is 5.19. The molecule has 0 atom stereocenters. The summed E-state index contributed by atoms with van der Waals surface area (Å²) in [6.07, 6.45) is 1.48. The number of amides is 1. The first kappa shape index (κ1) is 20.0. The van der Waals surface area contributed by atoms with Crippen LogP contribution >= 0.6 is 0 Å². The second kappa shape index (κ2) is 7.87. The number of ether oxygens (including phenoxy) is 1. The number of methoxy groups -OCH3 is 1. The van der Waals surface area contributed by atoms with Gasteiger partial charge in [-0.1, -0.05) is 48.5 Å². The van der Waals surface area contributed by atoms with E-state index in [-0.39, 0.29) is 16.8 Å². The molecule has 0 radical (unpaired) electrons. The lowest BCUT2D eigenvalue weighted by Crippen LogP contribution is -2.24. The van der Waals surface area contributed by atoms with Crippen LogP contribution in [0.4, 0.5) is 11.4 Å². The lowest BCUT2D eigenvalue weighted by molar-refractivity contribution is -0.384. The summed E-state index contributed by atoms with van der Waals surface area (Å²) in [6, 6.07) is 19.1. The van der Waals surface area contributed by atoms with Crippen LogP contribution in [0.3, 0.4) is 0 Å². The van der Waals surface area contributed by atoms with E-state index in [9.17, 15) is 19.7 Å². The molecule has 31 heavy (non-hydrogen) atoms. The molecule has 0 unspecified atom stereocenters. The molecule has 0 aromatic heterocycles. The van der Waals surface area contributed by atoms with E-state index in [2.05, 4.69) is 0 Å². The summed E-state index contributed by atoms with van der Waals surface area (Å²) >= 11 is 0. The number of nitro benzene ring substituents is 1. The van der Waals surface area contributed by atoms with Gasteiger partial charge in [0.05, 0.1) is 28.9 Å². The van der Waals surface area contributed by atoms with Crippen LogP contribution < -0.4 is 4.90 Å². The molecule has 0 aliphatic carbocycles. The van der Waals surface area contributed by atoms with Crippen molar-refractivity contribution in [1.29, 1.82) is 0 Å². The van der Waals surface area contributed by atoms with Gasteiger partial charge in [0.1, 0.15) is 0 Å². The number of anilines is 1. The smallest absolute Gasteiger partial charge is 0.340 e. The third kappa shape index (κ3) is 3.46. The number of esters is 1. The second-order valence-electron chi connectivity index (χ2n) is 7.00. The maximum atomic E-state index is 13.5. The maximum Gasteiger partial charge on any atom is 0.340 e. The van der Waals surface area contributed by atoms with Crippen LogP contribution in [-0.4, -0.2) is 23.9 Å². The summed E-state index contributed by atoms with van der Waals surface area (Å²) < 4.78 is 4.93. The molecular weight excluding hydrogens is 396 g/mol. The number of fused-ring (bicyclic) bond motifs is 1. The third-order valence-corrected chi connectivity index (χ3v) is 5.19. The molecule has 4 rings (SSSR count). The molecule has 0 spiro atoms. The topological polar surface area (TPSA) is 89.8 Å². The van der Waals surface area contributed by atoms with Crippen molar-refractivity contribution in [2.45, 2.75) is 6.92 Å². The van der Waals surface area contributed by atoms with E-state index in [0.717, 1.165) is 10.8 Å². The van der Waals surface area contributed by atoms with Gasteiger partial charge >= 0.3 is 5.97 Å². The van der Waals surface area contributed by atoms with Crippen LogP contribution in [0.15, 0.2) is 83.6 Å². The first-order chi connectivity index (χ1) is 14.9. The fourth-order valence-electron chi connectivity index (χ4n) is 3.77. The zero-order valence-corrected chi connectivity index (χ0v) is 16.9. The van der Waals surface area contributed by atoms with Crippen molar-refractivity contribution in [3.05, 3.63) is 99.3 Å². The molecule has 154 valence electrons. The molecule has 0 saturated heterocycles. The Hall–Kier alpha value is -4.26. The molecule has 0 N–H and O–H groups in total. The van der Waals surface area contributed by atoms with Crippen LogP contribution in [0.2, 0.25) is 0 Å². The van der Waals surface area contributed by atoms with Gasteiger partial charge in [0.2, 0.25) is 0 Å². The van der Waals surface area contributed by atoms with Crippen LogP contribution in [0.25, 0.3) is 16.8 Å². The Morgan fingerprint density at radius 3 is 2.52 bits per heavy atom. The van der Waals surface area contributed by atoms with Crippen LogP contribution in [0.1, 0.15) is 12.5 Å². The van der Waals surface area contributed by atoms with E-state index in [0.29, 0.717) is 16.9 Å². The van der Waals surface area contributed by atoms with Crippen molar-refractivity contribution >= 4 is 40.1 Å². The average molecular weight is 414 g/mol. The summed E-state index contributed by atoms with van der Waals surface area (Å²) in [5.74, 6) is -1.05. The van der Waals surface area contributed by atoms with Crippen LogP contribution in [0, 0.1) is 10.1 Å². The monoisotopic (exact) mass is 414 g/mol. The maximum absolute atomic E-state index is 13.5. The number of benzene rings is 3. The van der Waals surface area contributed by atoms with Crippen molar-refractivity contribution < 1.29 is 19.2 Å². The molecule has 0 bridgehead atoms. The van der Waals surface area contributed by atoms with Crippen molar-refractivity contribution in [3.63, 3.8) is 0 Å². The number of rotatable bonds is 4. The first-order valence-electron chi connectivity index (χ1n) is 9.50. The van der Waals surface area contributed by atoms with Gasteiger partial charge in [-0.15, -0.1) is 0 Å². The van der Waals surface area contributed by atoms with E-state index in [1.54, 1.807) is 13.0 Å². The molecule has 3 aromatic carbocycles. The molecule has 1 aliphatic heterocycles. The Morgan fingerprint density at radius 2 is 1.77 bits per heavy atom. The minimum Gasteiger partial charge on any atom is -0.465 e. The normalized spacial score (nSPS) is 15.1. The average Bonchev–Trinajstić information content (AvgIpc) is 3.02. The molecule has 1 amide bonds. The summed E-state index contributed by atoms with van der Waals surface area (Å²) in [5.41, 5.74) is 1.66. The first-order valence-corrected chi connectivity index (χ1v) is 9.50. The van der Waals surface area contributed by atoms with Crippen LogP contribution in [0.5, 0.6) is 0 Å². The number of allylic oxidation sites excluding steroid dienone is 1. The predicted octanol–water partition coefficient (Wildman–Crippen LogP) is 4.63. The van der Waals surface area contributed by atoms with Gasteiger partial charge < -0.3 is 4.74 Å². The van der Waals surface area contributed by atoms with Crippen molar-refractivity contribution in [2.24, 2.45) is 0 Å². The zero-order valence-electron chi connectivity index (χ0n) is 16.9. The molecule has 1 heterocycles. The highest BCUT2D eigenvalue weighted by atomic mass is 16.6. The standard InChI is InChI=1S/C24H18N2O5/c1-15-22(24(28)31-2)20(14-16-7-5-10-18(13-16)26(29)30)23(27)25(15)21-12-6-9-17-8-3-4-11-19(17)21/h3-14H,1-2H3/b20-14-.